The molecule has 0 radical (unpaired) electrons. The zero-order valence-corrected chi connectivity index (χ0v) is 21.5. The van der Waals surface area contributed by atoms with Crippen molar-refractivity contribution in [1.29, 1.82) is 0 Å². The summed E-state index contributed by atoms with van der Waals surface area (Å²) in [7, 11) is 0. The van der Waals surface area contributed by atoms with Crippen LogP contribution in [0.4, 0.5) is 11.4 Å². The van der Waals surface area contributed by atoms with E-state index in [2.05, 4.69) is 43.3 Å². The van der Waals surface area contributed by atoms with Gasteiger partial charge in [0.05, 0.1) is 11.4 Å². The van der Waals surface area contributed by atoms with E-state index in [9.17, 15) is 4.79 Å². The fraction of sp³-hybridized carbons (Fsp3) is 0.567. The van der Waals surface area contributed by atoms with Crippen LogP contribution in [0.1, 0.15) is 110 Å². The van der Waals surface area contributed by atoms with Crippen LogP contribution in [0.2, 0.25) is 0 Å². The van der Waals surface area contributed by atoms with Gasteiger partial charge in [-0.15, -0.1) is 0 Å². The third-order valence-corrected chi connectivity index (χ3v) is 7.81. The molecule has 0 atom stereocenters. The highest BCUT2D eigenvalue weighted by molar-refractivity contribution is 7.99. The van der Waals surface area contributed by atoms with Crippen molar-refractivity contribution < 1.29 is 4.79 Å². The number of unbranched alkanes of at least 4 members (excludes halogenated alkanes) is 14. The molecule has 0 aromatic heterocycles. The summed E-state index contributed by atoms with van der Waals surface area (Å²) in [5, 5.41) is 0. The minimum absolute atomic E-state index is 0.227. The van der Waals surface area contributed by atoms with Gasteiger partial charge in [0.1, 0.15) is 0 Å². The minimum atomic E-state index is 0.227. The molecule has 0 spiro atoms. The van der Waals surface area contributed by atoms with Crippen LogP contribution in [0.25, 0.3) is 0 Å². The maximum Gasteiger partial charge on any atom is 0.231 e. The molecule has 1 aliphatic heterocycles. The van der Waals surface area contributed by atoms with Gasteiger partial charge in [-0.1, -0.05) is 133 Å². The molecule has 0 N–H and O–H groups in total. The summed E-state index contributed by atoms with van der Waals surface area (Å²) in [6, 6.07) is 16.5. The molecule has 0 saturated carbocycles. The van der Waals surface area contributed by atoms with Gasteiger partial charge in [-0.05, 0) is 30.7 Å². The molecule has 1 aliphatic rings. The fourth-order valence-corrected chi connectivity index (χ4v) is 5.79. The molecule has 1 heterocycles. The van der Waals surface area contributed by atoms with E-state index >= 15 is 0 Å². The van der Waals surface area contributed by atoms with E-state index < -0.39 is 0 Å². The number of hydrogen-bond acceptors (Lipinski definition) is 2. The molecular weight excluding hydrogens is 422 g/mol. The summed E-state index contributed by atoms with van der Waals surface area (Å²) in [6.07, 6.45) is 20.8. The first-order chi connectivity index (χ1) is 16.3. The van der Waals surface area contributed by atoms with Crippen LogP contribution >= 0.6 is 11.8 Å². The molecule has 2 aromatic carbocycles. The van der Waals surface area contributed by atoms with E-state index in [0.29, 0.717) is 6.42 Å². The zero-order chi connectivity index (χ0) is 23.1. The number of carbonyl (C=O) groups excluding carboxylic acids is 1. The van der Waals surface area contributed by atoms with Crippen LogP contribution in [-0.4, -0.2) is 5.91 Å². The fourth-order valence-electron chi connectivity index (χ4n) is 4.73. The molecular formula is C30H43NOS. The molecule has 0 bridgehead atoms. The molecule has 0 aliphatic carbocycles. The first-order valence-corrected chi connectivity index (χ1v) is 14.3. The van der Waals surface area contributed by atoms with E-state index in [1.807, 2.05) is 17.0 Å². The second-order valence-electron chi connectivity index (χ2n) is 9.47. The summed E-state index contributed by atoms with van der Waals surface area (Å²) in [6.45, 7) is 2.28. The first-order valence-electron chi connectivity index (χ1n) is 13.5. The van der Waals surface area contributed by atoms with Crippen LogP contribution in [0, 0.1) is 0 Å². The highest BCUT2D eigenvalue weighted by atomic mass is 32.2. The largest absolute Gasteiger partial charge is 0.279 e. The van der Waals surface area contributed by atoms with Crippen LogP contribution < -0.4 is 4.90 Å². The second-order valence-corrected chi connectivity index (χ2v) is 10.6. The predicted octanol–water partition coefficient (Wildman–Crippen LogP) is 10.1. The van der Waals surface area contributed by atoms with Gasteiger partial charge in [0.25, 0.3) is 0 Å². The number of amides is 1. The maximum absolute atomic E-state index is 13.2. The lowest BCUT2D eigenvalue weighted by Crippen LogP contribution is -2.28. The summed E-state index contributed by atoms with van der Waals surface area (Å²) < 4.78 is 0. The molecule has 3 heteroatoms. The summed E-state index contributed by atoms with van der Waals surface area (Å²) in [4.78, 5) is 17.5. The van der Waals surface area contributed by atoms with Crippen LogP contribution in [-0.2, 0) is 4.79 Å². The third kappa shape index (κ3) is 8.52. The van der Waals surface area contributed by atoms with Gasteiger partial charge in [-0.2, -0.15) is 0 Å². The third-order valence-electron chi connectivity index (χ3n) is 6.68. The molecule has 1 amide bonds. The van der Waals surface area contributed by atoms with E-state index in [0.717, 1.165) is 24.2 Å². The average Bonchev–Trinajstić information content (AvgIpc) is 2.84. The average molecular weight is 466 g/mol. The van der Waals surface area contributed by atoms with E-state index in [4.69, 9.17) is 0 Å². The zero-order valence-electron chi connectivity index (χ0n) is 20.7. The minimum Gasteiger partial charge on any atom is -0.279 e. The topological polar surface area (TPSA) is 20.3 Å². The molecule has 180 valence electrons. The lowest BCUT2D eigenvalue weighted by Gasteiger charge is -2.31. The van der Waals surface area contributed by atoms with Crippen LogP contribution in [0.3, 0.4) is 0 Å². The Balaban J connectivity index is 1.26. The van der Waals surface area contributed by atoms with Crippen molar-refractivity contribution in [3.63, 3.8) is 0 Å². The Labute approximate surface area is 206 Å². The molecule has 2 nitrogen and oxygen atoms in total. The van der Waals surface area contributed by atoms with E-state index in [1.54, 1.807) is 11.8 Å². The summed E-state index contributed by atoms with van der Waals surface area (Å²) in [5.74, 6) is 0.227. The first kappa shape index (κ1) is 25.9. The molecule has 0 unspecified atom stereocenters. The van der Waals surface area contributed by atoms with Crippen LogP contribution in [0.15, 0.2) is 58.3 Å². The molecule has 3 rings (SSSR count). The maximum atomic E-state index is 13.2. The highest BCUT2D eigenvalue weighted by Crippen LogP contribution is 2.48. The Kier molecular flexibility index (Phi) is 11.9. The number of para-hydroxylation sites is 2. The van der Waals surface area contributed by atoms with Gasteiger partial charge >= 0.3 is 0 Å². The van der Waals surface area contributed by atoms with Crippen molar-refractivity contribution in [2.45, 2.75) is 119 Å². The van der Waals surface area contributed by atoms with Crippen molar-refractivity contribution in [3.8, 4) is 0 Å². The number of anilines is 2. The quantitative estimate of drug-likeness (QED) is 0.230. The number of hydrogen-bond donors (Lipinski definition) is 0. The summed E-state index contributed by atoms with van der Waals surface area (Å²) in [5.41, 5.74) is 2.07. The van der Waals surface area contributed by atoms with Crippen molar-refractivity contribution in [1.82, 2.24) is 0 Å². The molecule has 2 aromatic rings. The summed E-state index contributed by atoms with van der Waals surface area (Å²) >= 11 is 1.76. The highest BCUT2D eigenvalue weighted by Gasteiger charge is 2.27. The van der Waals surface area contributed by atoms with Gasteiger partial charge < -0.3 is 0 Å². The number of fused-ring (bicyclic) bond motifs is 2. The second kappa shape index (κ2) is 15.2. The number of benzene rings is 2. The van der Waals surface area contributed by atoms with Gasteiger partial charge in [0.15, 0.2) is 0 Å². The van der Waals surface area contributed by atoms with Gasteiger partial charge in [-0.3, -0.25) is 9.69 Å². The van der Waals surface area contributed by atoms with Crippen molar-refractivity contribution >= 4 is 29.0 Å². The number of carbonyl (C=O) groups is 1. The van der Waals surface area contributed by atoms with Crippen LogP contribution in [0.5, 0.6) is 0 Å². The van der Waals surface area contributed by atoms with Crippen molar-refractivity contribution in [2.75, 3.05) is 4.90 Å². The number of nitrogens with zero attached hydrogens (tertiary/aromatic N) is 1. The SMILES string of the molecule is CCCCCCCCCCCCCCCCCC(=O)N1c2ccccc2Sc2ccccc21. The molecule has 0 fully saturated rings. The van der Waals surface area contributed by atoms with Gasteiger partial charge in [0, 0.05) is 16.2 Å². The normalized spacial score (nSPS) is 12.5. The molecule has 33 heavy (non-hydrogen) atoms. The Morgan fingerprint density at radius 3 is 1.45 bits per heavy atom. The lowest BCUT2D eigenvalue weighted by molar-refractivity contribution is -0.118. The van der Waals surface area contributed by atoms with Gasteiger partial charge in [-0.25, -0.2) is 0 Å². The lowest BCUT2D eigenvalue weighted by atomic mass is 10.0. The van der Waals surface area contributed by atoms with Gasteiger partial charge in [0.2, 0.25) is 5.91 Å². The van der Waals surface area contributed by atoms with E-state index in [-0.39, 0.29) is 5.91 Å². The molecule has 0 saturated heterocycles. The monoisotopic (exact) mass is 465 g/mol. The Morgan fingerprint density at radius 2 is 1.00 bits per heavy atom. The Morgan fingerprint density at radius 1 is 0.606 bits per heavy atom. The smallest absolute Gasteiger partial charge is 0.231 e. The number of rotatable bonds is 16. The standard InChI is InChI=1S/C30H43NOS/c1-2-3-4-5-6-7-8-9-10-11-12-13-14-15-16-25-30(32)31-26-21-17-19-23-28(26)33-29-24-20-18-22-27(29)31/h17-24H,2-16,25H2,1H3. The van der Waals surface area contributed by atoms with Crippen molar-refractivity contribution in [3.05, 3.63) is 48.5 Å². The Bertz CT molecular complexity index is 788. The Hall–Kier alpha value is -1.74. The predicted molar refractivity (Wildman–Crippen MR) is 144 cm³/mol. The van der Waals surface area contributed by atoms with E-state index in [1.165, 1.54) is 93.3 Å². The van der Waals surface area contributed by atoms with Crippen molar-refractivity contribution in [2.24, 2.45) is 0 Å².